The smallest absolute Gasteiger partial charge is 0.242 e. The zero-order chi connectivity index (χ0) is 22.4. The van der Waals surface area contributed by atoms with Gasteiger partial charge in [-0.1, -0.05) is 54.2 Å². The molecule has 0 spiro atoms. The van der Waals surface area contributed by atoms with Crippen molar-refractivity contribution >= 4 is 35.0 Å². The van der Waals surface area contributed by atoms with Gasteiger partial charge in [-0.05, 0) is 55.2 Å². The molecule has 1 saturated carbocycles. The summed E-state index contributed by atoms with van der Waals surface area (Å²) in [5, 5.41) is 3.98. The molecule has 0 aromatic heterocycles. The van der Waals surface area contributed by atoms with Gasteiger partial charge in [0.2, 0.25) is 11.8 Å². The summed E-state index contributed by atoms with van der Waals surface area (Å²) >= 11 is 12.2. The maximum Gasteiger partial charge on any atom is 0.242 e. The molecule has 5 nitrogen and oxygen atoms in total. The summed E-state index contributed by atoms with van der Waals surface area (Å²) in [6, 6.07) is 12.2. The predicted octanol–water partition coefficient (Wildman–Crippen LogP) is 5.02. The van der Waals surface area contributed by atoms with Crippen molar-refractivity contribution in [1.29, 1.82) is 0 Å². The van der Waals surface area contributed by atoms with Crippen LogP contribution in [0, 0.1) is 0 Å². The summed E-state index contributed by atoms with van der Waals surface area (Å²) < 4.78 is 5.18. The largest absolute Gasteiger partial charge is 0.497 e. The minimum atomic E-state index is -0.610. The predicted molar refractivity (Wildman–Crippen MR) is 124 cm³/mol. The monoisotopic (exact) mass is 462 g/mol. The van der Waals surface area contributed by atoms with E-state index in [1.807, 2.05) is 30.3 Å². The average molecular weight is 463 g/mol. The molecular weight excluding hydrogens is 435 g/mol. The van der Waals surface area contributed by atoms with E-state index in [-0.39, 0.29) is 30.8 Å². The van der Waals surface area contributed by atoms with Gasteiger partial charge in [0.1, 0.15) is 11.8 Å². The minimum absolute atomic E-state index is 0.130. The van der Waals surface area contributed by atoms with Crippen LogP contribution in [0.2, 0.25) is 10.0 Å². The summed E-state index contributed by atoms with van der Waals surface area (Å²) in [6.07, 6.45) is 4.42. The van der Waals surface area contributed by atoms with E-state index >= 15 is 0 Å². The van der Waals surface area contributed by atoms with Crippen LogP contribution < -0.4 is 10.1 Å². The lowest BCUT2D eigenvalue weighted by atomic mass is 10.1. The first-order valence-corrected chi connectivity index (χ1v) is 11.3. The molecule has 3 rings (SSSR count). The number of methoxy groups -OCH3 is 1. The molecule has 1 N–H and O–H groups in total. The quantitative estimate of drug-likeness (QED) is 0.598. The molecule has 0 bridgehead atoms. The van der Waals surface area contributed by atoms with Crippen molar-refractivity contribution < 1.29 is 14.3 Å². The lowest BCUT2D eigenvalue weighted by Gasteiger charge is -2.30. The van der Waals surface area contributed by atoms with Crippen molar-refractivity contribution in [3.8, 4) is 5.75 Å². The summed E-state index contributed by atoms with van der Waals surface area (Å²) in [5.41, 5.74) is 1.67. The van der Waals surface area contributed by atoms with Crippen LogP contribution in [0.15, 0.2) is 42.5 Å². The Hall–Kier alpha value is -2.24. The highest BCUT2D eigenvalue weighted by atomic mass is 35.5. The van der Waals surface area contributed by atoms with E-state index in [1.54, 1.807) is 31.1 Å². The Morgan fingerprint density at radius 2 is 1.71 bits per heavy atom. The van der Waals surface area contributed by atoms with Crippen molar-refractivity contribution in [2.75, 3.05) is 7.11 Å². The molecule has 2 aromatic rings. The second-order valence-electron chi connectivity index (χ2n) is 7.96. The van der Waals surface area contributed by atoms with Gasteiger partial charge >= 0.3 is 0 Å². The van der Waals surface area contributed by atoms with Gasteiger partial charge in [0.05, 0.1) is 23.6 Å². The topological polar surface area (TPSA) is 58.6 Å². The van der Waals surface area contributed by atoms with E-state index < -0.39 is 6.04 Å². The van der Waals surface area contributed by atoms with Gasteiger partial charge in [-0.2, -0.15) is 0 Å². The summed E-state index contributed by atoms with van der Waals surface area (Å²) in [4.78, 5) is 27.8. The van der Waals surface area contributed by atoms with Crippen LogP contribution >= 0.6 is 23.2 Å². The molecule has 0 aliphatic heterocycles. The highest BCUT2D eigenvalue weighted by Gasteiger charge is 2.28. The van der Waals surface area contributed by atoms with Crippen molar-refractivity contribution in [2.45, 2.75) is 57.7 Å². The summed E-state index contributed by atoms with van der Waals surface area (Å²) in [7, 11) is 1.60. The maximum atomic E-state index is 13.3. The van der Waals surface area contributed by atoms with Crippen molar-refractivity contribution in [1.82, 2.24) is 10.2 Å². The molecule has 2 aromatic carbocycles. The number of carbonyl (C=O) groups excluding carboxylic acids is 2. The first kappa shape index (κ1) is 23.4. The number of amides is 2. The molecule has 7 heteroatoms. The Morgan fingerprint density at radius 3 is 2.32 bits per heavy atom. The fraction of sp³-hybridized carbons (Fsp3) is 0.417. The zero-order valence-corrected chi connectivity index (χ0v) is 19.4. The summed E-state index contributed by atoms with van der Waals surface area (Å²) in [6.45, 7) is 2.04. The standard InChI is InChI=1S/C24H28Cl2N2O3/c1-16(24(30)27-19-5-3-4-6-19)28(15-18-9-12-21(25)22(26)13-18)23(29)14-17-7-10-20(31-2)11-8-17/h7-13,16,19H,3-6,14-15H2,1-2H3,(H,27,30)/t16-/m1/s1. The van der Waals surface area contributed by atoms with Gasteiger partial charge in [-0.3, -0.25) is 9.59 Å². The van der Waals surface area contributed by atoms with Crippen LogP contribution in [0.1, 0.15) is 43.7 Å². The Labute approximate surface area is 193 Å². The number of rotatable bonds is 8. The molecule has 166 valence electrons. The molecule has 1 aliphatic rings. The molecule has 1 aliphatic carbocycles. The lowest BCUT2D eigenvalue weighted by Crippen LogP contribution is -2.50. The van der Waals surface area contributed by atoms with Crippen LogP contribution in [0.4, 0.5) is 0 Å². The van der Waals surface area contributed by atoms with E-state index in [0.29, 0.717) is 10.0 Å². The second kappa shape index (κ2) is 10.9. The molecule has 0 heterocycles. The number of hydrogen-bond donors (Lipinski definition) is 1. The second-order valence-corrected chi connectivity index (χ2v) is 8.78. The van der Waals surface area contributed by atoms with E-state index in [2.05, 4.69) is 5.32 Å². The van der Waals surface area contributed by atoms with Gasteiger partial charge < -0.3 is 15.0 Å². The van der Waals surface area contributed by atoms with Crippen molar-refractivity contribution in [2.24, 2.45) is 0 Å². The molecule has 0 saturated heterocycles. The van der Waals surface area contributed by atoms with E-state index in [0.717, 1.165) is 42.6 Å². The molecular formula is C24H28Cl2N2O3. The molecule has 0 unspecified atom stereocenters. The lowest BCUT2D eigenvalue weighted by molar-refractivity contribution is -0.140. The molecule has 0 radical (unpaired) electrons. The number of hydrogen-bond acceptors (Lipinski definition) is 3. The third-order valence-corrected chi connectivity index (χ3v) is 6.46. The Kier molecular flexibility index (Phi) is 8.22. The van der Waals surface area contributed by atoms with Gasteiger partial charge in [0.15, 0.2) is 0 Å². The van der Waals surface area contributed by atoms with E-state index in [9.17, 15) is 9.59 Å². The molecule has 31 heavy (non-hydrogen) atoms. The number of ether oxygens (including phenoxy) is 1. The van der Waals surface area contributed by atoms with Crippen LogP contribution in [-0.2, 0) is 22.6 Å². The van der Waals surface area contributed by atoms with Crippen LogP contribution in [0.25, 0.3) is 0 Å². The van der Waals surface area contributed by atoms with Crippen LogP contribution in [-0.4, -0.2) is 35.9 Å². The maximum absolute atomic E-state index is 13.3. The van der Waals surface area contributed by atoms with E-state index in [4.69, 9.17) is 27.9 Å². The Balaban J connectivity index is 1.78. The SMILES string of the molecule is COc1ccc(CC(=O)N(Cc2ccc(Cl)c(Cl)c2)[C@H](C)C(=O)NC2CCCC2)cc1. The molecule has 1 fully saturated rings. The van der Waals surface area contributed by atoms with Gasteiger partial charge in [0.25, 0.3) is 0 Å². The number of halogens is 2. The molecule has 1 atom stereocenters. The highest BCUT2D eigenvalue weighted by molar-refractivity contribution is 6.42. The Bertz CT molecular complexity index is 912. The summed E-state index contributed by atoms with van der Waals surface area (Å²) in [5.74, 6) is 0.466. The van der Waals surface area contributed by atoms with Gasteiger partial charge in [-0.25, -0.2) is 0 Å². The minimum Gasteiger partial charge on any atom is -0.497 e. The van der Waals surface area contributed by atoms with Crippen molar-refractivity contribution in [3.63, 3.8) is 0 Å². The fourth-order valence-corrected chi connectivity index (χ4v) is 4.15. The van der Waals surface area contributed by atoms with Crippen LogP contribution in [0.5, 0.6) is 5.75 Å². The van der Waals surface area contributed by atoms with Crippen molar-refractivity contribution in [3.05, 3.63) is 63.6 Å². The molecule has 2 amide bonds. The zero-order valence-electron chi connectivity index (χ0n) is 17.9. The normalized spacial score (nSPS) is 14.8. The van der Waals surface area contributed by atoms with E-state index in [1.165, 1.54) is 0 Å². The first-order chi connectivity index (χ1) is 14.9. The van der Waals surface area contributed by atoms with Gasteiger partial charge in [-0.15, -0.1) is 0 Å². The van der Waals surface area contributed by atoms with Crippen LogP contribution in [0.3, 0.4) is 0 Å². The highest BCUT2D eigenvalue weighted by Crippen LogP contribution is 2.24. The fourth-order valence-electron chi connectivity index (χ4n) is 3.83. The van der Waals surface area contributed by atoms with Gasteiger partial charge in [0, 0.05) is 12.6 Å². The number of carbonyl (C=O) groups is 2. The number of benzene rings is 2. The first-order valence-electron chi connectivity index (χ1n) is 10.5. The third-order valence-electron chi connectivity index (χ3n) is 5.72. The number of nitrogens with one attached hydrogen (secondary N) is 1. The third kappa shape index (κ3) is 6.37. The average Bonchev–Trinajstić information content (AvgIpc) is 3.27. The number of nitrogens with zero attached hydrogens (tertiary/aromatic N) is 1. The Morgan fingerprint density at radius 1 is 1.06 bits per heavy atom.